The van der Waals surface area contributed by atoms with Crippen LogP contribution in [0.3, 0.4) is 0 Å². The summed E-state index contributed by atoms with van der Waals surface area (Å²) >= 11 is 3.46. The molecule has 0 spiro atoms. The summed E-state index contributed by atoms with van der Waals surface area (Å²) in [6.07, 6.45) is 2.10. The van der Waals surface area contributed by atoms with Crippen molar-refractivity contribution in [2.45, 2.75) is 38.8 Å². The van der Waals surface area contributed by atoms with Crippen LogP contribution in [0.15, 0.2) is 22.7 Å². The maximum Gasteiger partial charge on any atom is 0.124 e. The molecular weight excluding hydrogens is 335 g/mol. The molecule has 1 aromatic carbocycles. The molecule has 0 aliphatic heterocycles. The molecule has 0 aliphatic rings. The standard InChI is InChI=1S/C16H26BrFN2O/c1-4-13(5-2)20(8-9-21-3)16(11-19)14-7-6-12(18)10-15(14)17/h6-7,10,13,16H,4-5,8-9,11,19H2,1-3H3. The number of halogens is 2. The lowest BCUT2D eigenvalue weighted by atomic mass is 10.0. The van der Waals surface area contributed by atoms with Crippen LogP contribution in [0.4, 0.5) is 4.39 Å². The van der Waals surface area contributed by atoms with E-state index in [0.29, 0.717) is 19.2 Å². The largest absolute Gasteiger partial charge is 0.383 e. The summed E-state index contributed by atoms with van der Waals surface area (Å²) in [5.74, 6) is -0.243. The Morgan fingerprint density at radius 2 is 2.00 bits per heavy atom. The third-order valence-corrected chi connectivity index (χ3v) is 4.60. The monoisotopic (exact) mass is 360 g/mol. The molecule has 0 fully saturated rings. The van der Waals surface area contributed by atoms with Gasteiger partial charge in [0.05, 0.1) is 6.61 Å². The van der Waals surface area contributed by atoms with Gasteiger partial charge in [-0.2, -0.15) is 0 Å². The van der Waals surface area contributed by atoms with E-state index in [4.69, 9.17) is 10.5 Å². The third kappa shape index (κ3) is 5.02. The van der Waals surface area contributed by atoms with Crippen molar-refractivity contribution in [3.05, 3.63) is 34.1 Å². The number of hydrogen-bond donors (Lipinski definition) is 1. The van der Waals surface area contributed by atoms with Gasteiger partial charge < -0.3 is 10.5 Å². The van der Waals surface area contributed by atoms with Crippen molar-refractivity contribution < 1.29 is 9.13 Å². The summed E-state index contributed by atoms with van der Waals surface area (Å²) in [7, 11) is 1.70. The Morgan fingerprint density at radius 1 is 1.33 bits per heavy atom. The van der Waals surface area contributed by atoms with Crippen molar-refractivity contribution >= 4 is 15.9 Å². The van der Waals surface area contributed by atoms with E-state index in [2.05, 4.69) is 34.7 Å². The zero-order valence-electron chi connectivity index (χ0n) is 13.1. The van der Waals surface area contributed by atoms with Gasteiger partial charge in [0.15, 0.2) is 0 Å². The Morgan fingerprint density at radius 3 is 2.48 bits per heavy atom. The van der Waals surface area contributed by atoms with Crippen LogP contribution in [0, 0.1) is 5.82 Å². The molecule has 1 aromatic rings. The van der Waals surface area contributed by atoms with Gasteiger partial charge >= 0.3 is 0 Å². The third-order valence-electron chi connectivity index (χ3n) is 3.91. The van der Waals surface area contributed by atoms with E-state index in [0.717, 1.165) is 29.4 Å². The fourth-order valence-electron chi connectivity index (χ4n) is 2.76. The van der Waals surface area contributed by atoms with Crippen LogP contribution in [-0.2, 0) is 4.74 Å². The zero-order valence-corrected chi connectivity index (χ0v) is 14.7. The van der Waals surface area contributed by atoms with Gasteiger partial charge in [0.2, 0.25) is 0 Å². The molecule has 0 heterocycles. The number of nitrogens with two attached hydrogens (primary N) is 1. The van der Waals surface area contributed by atoms with Gasteiger partial charge in [-0.3, -0.25) is 4.90 Å². The van der Waals surface area contributed by atoms with Crippen molar-refractivity contribution in [3.8, 4) is 0 Å². The second-order valence-corrected chi connectivity index (χ2v) is 5.97. The maximum absolute atomic E-state index is 13.3. The molecule has 0 saturated carbocycles. The molecule has 3 nitrogen and oxygen atoms in total. The first-order chi connectivity index (χ1) is 10.1. The van der Waals surface area contributed by atoms with Crippen molar-refractivity contribution in [1.82, 2.24) is 4.90 Å². The maximum atomic E-state index is 13.3. The summed E-state index contributed by atoms with van der Waals surface area (Å²) < 4.78 is 19.3. The van der Waals surface area contributed by atoms with Crippen LogP contribution in [-0.4, -0.2) is 37.7 Å². The van der Waals surface area contributed by atoms with Crippen LogP contribution in [0.2, 0.25) is 0 Å². The van der Waals surface area contributed by atoms with Crippen LogP contribution in [0.25, 0.3) is 0 Å². The van der Waals surface area contributed by atoms with Crippen LogP contribution in [0.5, 0.6) is 0 Å². The minimum Gasteiger partial charge on any atom is -0.383 e. The lowest BCUT2D eigenvalue weighted by Crippen LogP contribution is -2.43. The van der Waals surface area contributed by atoms with Crippen molar-refractivity contribution in [3.63, 3.8) is 0 Å². The topological polar surface area (TPSA) is 38.5 Å². The van der Waals surface area contributed by atoms with Gasteiger partial charge in [0.25, 0.3) is 0 Å². The minimum absolute atomic E-state index is 0.0556. The zero-order chi connectivity index (χ0) is 15.8. The molecule has 0 aromatic heterocycles. The smallest absolute Gasteiger partial charge is 0.124 e. The highest BCUT2D eigenvalue weighted by Gasteiger charge is 2.26. The molecule has 1 rings (SSSR count). The number of benzene rings is 1. The first kappa shape index (κ1) is 18.6. The second kappa shape index (κ2) is 9.51. The van der Waals surface area contributed by atoms with Gasteiger partial charge in [-0.1, -0.05) is 35.8 Å². The van der Waals surface area contributed by atoms with Gasteiger partial charge in [-0.25, -0.2) is 4.39 Å². The second-order valence-electron chi connectivity index (χ2n) is 5.12. The van der Waals surface area contributed by atoms with E-state index in [-0.39, 0.29) is 11.9 Å². The summed E-state index contributed by atoms with van der Waals surface area (Å²) in [5.41, 5.74) is 7.06. The molecule has 1 unspecified atom stereocenters. The predicted molar refractivity (Wildman–Crippen MR) is 88.8 cm³/mol. The highest BCUT2D eigenvalue weighted by Crippen LogP contribution is 2.30. The van der Waals surface area contributed by atoms with Crippen LogP contribution < -0.4 is 5.73 Å². The molecule has 0 radical (unpaired) electrons. The number of methoxy groups -OCH3 is 1. The highest BCUT2D eigenvalue weighted by molar-refractivity contribution is 9.10. The number of hydrogen-bond acceptors (Lipinski definition) is 3. The van der Waals surface area contributed by atoms with E-state index in [1.165, 1.54) is 12.1 Å². The van der Waals surface area contributed by atoms with Gasteiger partial charge in [0.1, 0.15) is 5.82 Å². The van der Waals surface area contributed by atoms with Crippen molar-refractivity contribution in [1.29, 1.82) is 0 Å². The van der Waals surface area contributed by atoms with E-state index in [1.54, 1.807) is 7.11 Å². The molecule has 120 valence electrons. The average molecular weight is 361 g/mol. The highest BCUT2D eigenvalue weighted by atomic mass is 79.9. The summed E-state index contributed by atoms with van der Waals surface area (Å²) in [6, 6.07) is 5.30. The SMILES string of the molecule is CCC(CC)N(CCOC)C(CN)c1ccc(F)cc1Br. The molecule has 0 bridgehead atoms. The first-order valence-corrected chi connectivity index (χ1v) is 8.27. The average Bonchev–Trinajstić information content (AvgIpc) is 2.47. The summed E-state index contributed by atoms with van der Waals surface area (Å²) in [6.45, 7) is 6.33. The molecule has 1 atom stereocenters. The Hall–Kier alpha value is -0.490. The lowest BCUT2D eigenvalue weighted by molar-refractivity contribution is 0.0814. The quantitative estimate of drug-likeness (QED) is 0.729. The van der Waals surface area contributed by atoms with E-state index < -0.39 is 0 Å². The Bertz CT molecular complexity index is 427. The van der Waals surface area contributed by atoms with Crippen molar-refractivity contribution in [2.24, 2.45) is 5.73 Å². The van der Waals surface area contributed by atoms with Crippen LogP contribution in [0.1, 0.15) is 38.3 Å². The normalized spacial score (nSPS) is 13.1. The Kier molecular flexibility index (Phi) is 8.41. The fourth-order valence-corrected chi connectivity index (χ4v) is 3.38. The molecule has 21 heavy (non-hydrogen) atoms. The van der Waals surface area contributed by atoms with Crippen LogP contribution >= 0.6 is 15.9 Å². The number of nitrogens with zero attached hydrogens (tertiary/aromatic N) is 1. The predicted octanol–water partition coefficient (Wildman–Crippen LogP) is 3.73. The number of rotatable bonds is 9. The van der Waals surface area contributed by atoms with Crippen molar-refractivity contribution in [2.75, 3.05) is 26.8 Å². The Balaban J connectivity index is 3.09. The summed E-state index contributed by atoms with van der Waals surface area (Å²) in [5, 5.41) is 0. The minimum atomic E-state index is -0.243. The molecule has 0 aliphatic carbocycles. The molecule has 0 amide bonds. The molecule has 2 N–H and O–H groups in total. The van der Waals surface area contributed by atoms with E-state index in [9.17, 15) is 4.39 Å². The first-order valence-electron chi connectivity index (χ1n) is 7.48. The fraction of sp³-hybridized carbons (Fsp3) is 0.625. The van der Waals surface area contributed by atoms with Gasteiger partial charge in [0, 0.05) is 36.8 Å². The molecule has 5 heteroatoms. The van der Waals surface area contributed by atoms with E-state index >= 15 is 0 Å². The van der Waals surface area contributed by atoms with E-state index in [1.807, 2.05) is 6.07 Å². The summed E-state index contributed by atoms with van der Waals surface area (Å²) in [4.78, 5) is 2.38. The molecule has 0 saturated heterocycles. The lowest BCUT2D eigenvalue weighted by Gasteiger charge is -2.37. The van der Waals surface area contributed by atoms with Gasteiger partial charge in [-0.05, 0) is 30.5 Å². The Labute approximate surface area is 135 Å². The number of ether oxygens (including phenoxy) is 1. The molecular formula is C16H26BrFN2O. The van der Waals surface area contributed by atoms with Gasteiger partial charge in [-0.15, -0.1) is 0 Å².